The van der Waals surface area contributed by atoms with E-state index < -0.39 is 11.9 Å². The van der Waals surface area contributed by atoms with E-state index in [0.29, 0.717) is 33.8 Å². The van der Waals surface area contributed by atoms with Gasteiger partial charge in [-0.1, -0.05) is 11.6 Å². The fraction of sp³-hybridized carbons (Fsp3) is 0.200. The number of nitrogens with zero attached hydrogens (tertiary/aromatic N) is 3. The van der Waals surface area contributed by atoms with Crippen LogP contribution in [0.3, 0.4) is 0 Å². The normalized spacial score (nSPS) is 14.9. The minimum absolute atomic E-state index is 0.0486. The first-order valence-electron chi connectivity index (χ1n) is 10.5. The van der Waals surface area contributed by atoms with Gasteiger partial charge in [0, 0.05) is 12.4 Å². The van der Waals surface area contributed by atoms with Gasteiger partial charge >= 0.3 is 0 Å². The molecular weight excluding hydrogens is 438 g/mol. The molecule has 5 rings (SSSR count). The summed E-state index contributed by atoms with van der Waals surface area (Å²) in [5, 5.41) is 0.389. The topological polar surface area (TPSA) is 104 Å². The quantitative estimate of drug-likeness (QED) is 0.445. The maximum Gasteiger partial charge on any atom is 0.297 e. The van der Waals surface area contributed by atoms with Crippen LogP contribution in [-0.2, 0) is 0 Å². The average molecular weight is 459 g/mol. The van der Waals surface area contributed by atoms with Gasteiger partial charge in [-0.2, -0.15) is 0 Å². The van der Waals surface area contributed by atoms with E-state index in [0.717, 1.165) is 5.56 Å². The number of carbonyl (C=O) groups excluding carboxylic acids is 1. The van der Waals surface area contributed by atoms with Crippen LogP contribution >= 0.6 is 0 Å². The van der Waals surface area contributed by atoms with Crippen LogP contribution in [0.2, 0.25) is 0 Å². The summed E-state index contributed by atoms with van der Waals surface area (Å²) < 4.78 is 22.4. The van der Waals surface area contributed by atoms with Crippen molar-refractivity contribution in [3.63, 3.8) is 0 Å². The molecule has 1 amide bonds. The molecule has 172 valence electrons. The Morgan fingerprint density at radius 2 is 1.62 bits per heavy atom. The molecule has 1 unspecified atom stereocenters. The lowest BCUT2D eigenvalue weighted by molar-refractivity contribution is 0.0969. The highest BCUT2D eigenvalue weighted by Gasteiger charge is 2.45. The van der Waals surface area contributed by atoms with Gasteiger partial charge in [0.2, 0.25) is 17.5 Å². The molecule has 9 heteroatoms. The molecular formula is C25H21N3O6. The summed E-state index contributed by atoms with van der Waals surface area (Å²) in [6.45, 7) is 1.89. The Morgan fingerprint density at radius 3 is 2.24 bits per heavy atom. The predicted octanol–water partition coefficient (Wildman–Crippen LogP) is 3.67. The van der Waals surface area contributed by atoms with Crippen molar-refractivity contribution in [2.24, 2.45) is 0 Å². The number of aromatic nitrogens is 2. The Kier molecular flexibility index (Phi) is 5.16. The standard InChI is InChI=1S/C25H21N3O6/c1-13-6-7-16-15(10-13)21(29)19-20(14-11-17(31-2)22(33-4)18(12-14)32-3)28(24(30)23(19)34-16)25-26-8-5-9-27-25/h5-12,20H,1-4H3. The summed E-state index contributed by atoms with van der Waals surface area (Å²) in [7, 11) is 4.50. The number of anilines is 1. The Morgan fingerprint density at radius 1 is 0.941 bits per heavy atom. The number of hydrogen-bond acceptors (Lipinski definition) is 8. The molecule has 1 aliphatic heterocycles. The van der Waals surface area contributed by atoms with Gasteiger partial charge in [0.05, 0.1) is 38.3 Å². The second-order valence-electron chi connectivity index (χ2n) is 7.76. The fourth-order valence-corrected chi connectivity index (χ4v) is 4.28. The van der Waals surface area contributed by atoms with Gasteiger partial charge in [-0.3, -0.25) is 14.5 Å². The lowest BCUT2D eigenvalue weighted by Gasteiger charge is -2.24. The van der Waals surface area contributed by atoms with Crippen LogP contribution in [0.4, 0.5) is 5.95 Å². The molecule has 0 saturated heterocycles. The molecule has 3 heterocycles. The van der Waals surface area contributed by atoms with Gasteiger partial charge in [-0.05, 0) is 42.8 Å². The largest absolute Gasteiger partial charge is 0.493 e. The van der Waals surface area contributed by atoms with E-state index in [1.807, 2.05) is 13.0 Å². The Hall–Kier alpha value is -4.40. The molecule has 0 bridgehead atoms. The lowest BCUT2D eigenvalue weighted by Crippen LogP contribution is -2.31. The third kappa shape index (κ3) is 3.16. The Bertz CT molecular complexity index is 1460. The van der Waals surface area contributed by atoms with Crippen LogP contribution in [-0.4, -0.2) is 37.2 Å². The summed E-state index contributed by atoms with van der Waals surface area (Å²) in [4.78, 5) is 37.2. The van der Waals surface area contributed by atoms with Crippen molar-refractivity contribution in [1.29, 1.82) is 0 Å². The van der Waals surface area contributed by atoms with E-state index in [1.54, 1.807) is 30.3 Å². The van der Waals surface area contributed by atoms with Crippen molar-refractivity contribution in [3.05, 3.63) is 81.5 Å². The molecule has 0 saturated carbocycles. The molecule has 0 radical (unpaired) electrons. The summed E-state index contributed by atoms with van der Waals surface area (Å²) in [5.41, 5.74) is 1.68. The van der Waals surface area contributed by atoms with E-state index in [2.05, 4.69) is 9.97 Å². The molecule has 0 N–H and O–H groups in total. The van der Waals surface area contributed by atoms with Crippen molar-refractivity contribution < 1.29 is 23.4 Å². The number of aryl methyl sites for hydroxylation is 1. The van der Waals surface area contributed by atoms with Gasteiger partial charge < -0.3 is 18.6 Å². The Labute approximate surface area is 194 Å². The molecule has 2 aromatic heterocycles. The van der Waals surface area contributed by atoms with Gasteiger partial charge in [0.1, 0.15) is 5.58 Å². The zero-order valence-corrected chi connectivity index (χ0v) is 19.0. The SMILES string of the molecule is COc1cc(C2c3c(oc4ccc(C)cc4c3=O)C(=O)N2c2ncccn2)cc(OC)c1OC. The smallest absolute Gasteiger partial charge is 0.297 e. The van der Waals surface area contributed by atoms with Gasteiger partial charge in [-0.25, -0.2) is 9.97 Å². The number of ether oxygens (including phenoxy) is 3. The van der Waals surface area contributed by atoms with Crippen molar-refractivity contribution >= 4 is 22.8 Å². The molecule has 0 aliphatic carbocycles. The highest BCUT2D eigenvalue weighted by molar-refractivity contribution is 6.09. The third-order valence-electron chi connectivity index (χ3n) is 5.80. The molecule has 1 atom stereocenters. The molecule has 0 fully saturated rings. The first-order chi connectivity index (χ1) is 16.5. The van der Waals surface area contributed by atoms with Crippen LogP contribution in [0.1, 0.15) is 33.3 Å². The first kappa shape index (κ1) is 21.4. The van der Waals surface area contributed by atoms with Crippen molar-refractivity contribution in [3.8, 4) is 17.2 Å². The van der Waals surface area contributed by atoms with E-state index in [-0.39, 0.29) is 22.7 Å². The van der Waals surface area contributed by atoms with Crippen molar-refractivity contribution in [2.75, 3.05) is 26.2 Å². The fourth-order valence-electron chi connectivity index (χ4n) is 4.28. The van der Waals surface area contributed by atoms with Gasteiger partial charge in [0.25, 0.3) is 5.91 Å². The number of carbonyl (C=O) groups is 1. The monoisotopic (exact) mass is 459 g/mol. The zero-order valence-electron chi connectivity index (χ0n) is 19.0. The number of benzene rings is 2. The van der Waals surface area contributed by atoms with Crippen LogP contribution in [0.25, 0.3) is 11.0 Å². The second-order valence-corrected chi connectivity index (χ2v) is 7.76. The van der Waals surface area contributed by atoms with E-state index in [4.69, 9.17) is 18.6 Å². The Balaban J connectivity index is 1.84. The molecule has 9 nitrogen and oxygen atoms in total. The number of amides is 1. The highest BCUT2D eigenvalue weighted by Crippen LogP contribution is 2.45. The molecule has 4 aromatic rings. The number of hydrogen-bond donors (Lipinski definition) is 0. The summed E-state index contributed by atoms with van der Waals surface area (Å²) in [5.74, 6) is 0.728. The molecule has 34 heavy (non-hydrogen) atoms. The zero-order chi connectivity index (χ0) is 24.0. The molecule has 2 aromatic carbocycles. The minimum Gasteiger partial charge on any atom is -0.493 e. The highest BCUT2D eigenvalue weighted by atomic mass is 16.5. The van der Waals surface area contributed by atoms with Crippen molar-refractivity contribution in [2.45, 2.75) is 13.0 Å². The molecule has 0 spiro atoms. The van der Waals surface area contributed by atoms with Gasteiger partial charge in [0.15, 0.2) is 16.9 Å². The number of methoxy groups -OCH3 is 3. The van der Waals surface area contributed by atoms with Crippen LogP contribution < -0.4 is 24.5 Å². The van der Waals surface area contributed by atoms with Crippen molar-refractivity contribution in [1.82, 2.24) is 9.97 Å². The van der Waals surface area contributed by atoms with E-state index >= 15 is 0 Å². The summed E-state index contributed by atoms with van der Waals surface area (Å²) >= 11 is 0. The van der Waals surface area contributed by atoms with Gasteiger partial charge in [-0.15, -0.1) is 0 Å². The minimum atomic E-state index is -0.875. The maximum atomic E-state index is 13.7. The summed E-state index contributed by atoms with van der Waals surface area (Å²) in [6.07, 6.45) is 3.06. The average Bonchev–Trinajstić information content (AvgIpc) is 3.16. The lowest BCUT2D eigenvalue weighted by atomic mass is 9.97. The van der Waals surface area contributed by atoms with Crippen LogP contribution in [0.5, 0.6) is 17.2 Å². The first-order valence-corrected chi connectivity index (χ1v) is 10.5. The van der Waals surface area contributed by atoms with Crippen LogP contribution in [0.15, 0.2) is 58.0 Å². The maximum absolute atomic E-state index is 13.7. The molecule has 1 aliphatic rings. The predicted molar refractivity (Wildman–Crippen MR) is 124 cm³/mol. The number of fused-ring (bicyclic) bond motifs is 2. The summed E-state index contributed by atoms with van der Waals surface area (Å²) in [6, 6.07) is 9.43. The van der Waals surface area contributed by atoms with E-state index in [9.17, 15) is 9.59 Å². The second kappa shape index (κ2) is 8.18. The number of rotatable bonds is 5. The van der Waals surface area contributed by atoms with Crippen LogP contribution in [0, 0.1) is 6.92 Å². The van der Waals surface area contributed by atoms with E-state index in [1.165, 1.54) is 38.6 Å². The third-order valence-corrected chi connectivity index (χ3v) is 5.80.